The molecule has 15 heavy (non-hydrogen) atoms. The smallest absolute Gasteiger partial charge is 0.271 e. The Morgan fingerprint density at radius 3 is 3.00 bits per heavy atom. The first-order valence-corrected chi connectivity index (χ1v) is 4.95. The molecule has 0 saturated heterocycles. The maximum absolute atomic E-state index is 11.5. The van der Waals surface area contributed by atoms with Gasteiger partial charge in [0.05, 0.1) is 0 Å². The maximum Gasteiger partial charge on any atom is 0.271 e. The number of amides is 1. The Morgan fingerprint density at radius 1 is 1.53 bits per heavy atom. The van der Waals surface area contributed by atoms with Gasteiger partial charge >= 0.3 is 0 Å². The molecule has 1 amide bonds. The van der Waals surface area contributed by atoms with Gasteiger partial charge in [0.15, 0.2) is 0 Å². The fraction of sp³-hybridized carbons (Fsp3) is 0.273. The van der Waals surface area contributed by atoms with Crippen molar-refractivity contribution in [2.24, 2.45) is 0 Å². The SMILES string of the molecule is CCNC(=O)c1cn2c(C)cccc2n1. The molecule has 4 heteroatoms. The maximum atomic E-state index is 11.5. The van der Waals surface area contributed by atoms with Gasteiger partial charge < -0.3 is 9.72 Å². The molecule has 1 N–H and O–H groups in total. The molecular weight excluding hydrogens is 190 g/mol. The summed E-state index contributed by atoms with van der Waals surface area (Å²) in [6, 6.07) is 5.80. The van der Waals surface area contributed by atoms with Crippen molar-refractivity contribution in [2.75, 3.05) is 6.54 Å². The summed E-state index contributed by atoms with van der Waals surface area (Å²) in [6.07, 6.45) is 1.76. The Kier molecular flexibility index (Phi) is 2.41. The number of hydrogen-bond donors (Lipinski definition) is 1. The minimum atomic E-state index is -0.124. The molecule has 2 aromatic heterocycles. The summed E-state index contributed by atoms with van der Waals surface area (Å²) >= 11 is 0. The number of nitrogens with one attached hydrogen (secondary N) is 1. The van der Waals surface area contributed by atoms with E-state index in [4.69, 9.17) is 0 Å². The van der Waals surface area contributed by atoms with Crippen LogP contribution in [0.25, 0.3) is 5.65 Å². The van der Waals surface area contributed by atoms with Crippen LogP contribution in [0.15, 0.2) is 24.4 Å². The molecule has 78 valence electrons. The van der Waals surface area contributed by atoms with Crippen molar-refractivity contribution in [1.82, 2.24) is 14.7 Å². The van der Waals surface area contributed by atoms with Crippen molar-refractivity contribution >= 4 is 11.6 Å². The highest BCUT2D eigenvalue weighted by Gasteiger charge is 2.09. The van der Waals surface area contributed by atoms with Crippen molar-refractivity contribution < 1.29 is 4.79 Å². The van der Waals surface area contributed by atoms with Gasteiger partial charge in [0.1, 0.15) is 11.3 Å². The van der Waals surface area contributed by atoms with Gasteiger partial charge in [0.25, 0.3) is 5.91 Å². The predicted molar refractivity (Wildman–Crippen MR) is 57.9 cm³/mol. The Morgan fingerprint density at radius 2 is 2.33 bits per heavy atom. The van der Waals surface area contributed by atoms with Crippen LogP contribution in [0.4, 0.5) is 0 Å². The molecule has 0 radical (unpaired) electrons. The molecule has 0 aliphatic heterocycles. The number of aromatic nitrogens is 2. The summed E-state index contributed by atoms with van der Waals surface area (Å²) in [5.74, 6) is -0.124. The third-order valence-electron chi connectivity index (χ3n) is 2.27. The summed E-state index contributed by atoms with van der Waals surface area (Å²) in [7, 11) is 0. The lowest BCUT2D eigenvalue weighted by molar-refractivity contribution is 0.0951. The fourth-order valence-corrected chi connectivity index (χ4v) is 1.51. The number of carbonyl (C=O) groups is 1. The highest BCUT2D eigenvalue weighted by atomic mass is 16.1. The second kappa shape index (κ2) is 3.73. The van der Waals surface area contributed by atoms with Crippen LogP contribution < -0.4 is 5.32 Å². The predicted octanol–water partition coefficient (Wildman–Crippen LogP) is 1.39. The first-order chi connectivity index (χ1) is 7.22. The molecule has 0 saturated carbocycles. The largest absolute Gasteiger partial charge is 0.351 e. The Labute approximate surface area is 87.9 Å². The minimum Gasteiger partial charge on any atom is -0.351 e. The molecule has 2 heterocycles. The lowest BCUT2D eigenvalue weighted by Gasteiger charge is -1.96. The van der Waals surface area contributed by atoms with E-state index < -0.39 is 0 Å². The van der Waals surface area contributed by atoms with Crippen LogP contribution in [0, 0.1) is 6.92 Å². The Hall–Kier alpha value is -1.84. The number of fused-ring (bicyclic) bond motifs is 1. The first kappa shape index (κ1) is 9.71. The summed E-state index contributed by atoms with van der Waals surface area (Å²) in [5.41, 5.74) is 2.33. The monoisotopic (exact) mass is 203 g/mol. The molecule has 2 aromatic rings. The van der Waals surface area contributed by atoms with E-state index in [1.807, 2.05) is 36.4 Å². The summed E-state index contributed by atoms with van der Waals surface area (Å²) in [4.78, 5) is 15.8. The van der Waals surface area contributed by atoms with E-state index in [0.29, 0.717) is 12.2 Å². The van der Waals surface area contributed by atoms with Gasteiger partial charge in [-0.15, -0.1) is 0 Å². The quantitative estimate of drug-likeness (QED) is 0.801. The molecule has 0 aliphatic rings. The van der Waals surface area contributed by atoms with Crippen LogP contribution in [0.3, 0.4) is 0 Å². The molecule has 0 aromatic carbocycles. The van der Waals surface area contributed by atoms with Crippen LogP contribution in [0.1, 0.15) is 23.1 Å². The van der Waals surface area contributed by atoms with Gasteiger partial charge in [-0.25, -0.2) is 4.98 Å². The lowest BCUT2D eigenvalue weighted by Crippen LogP contribution is -2.22. The van der Waals surface area contributed by atoms with Crippen molar-refractivity contribution in [2.45, 2.75) is 13.8 Å². The van der Waals surface area contributed by atoms with E-state index >= 15 is 0 Å². The molecule has 0 spiro atoms. The van der Waals surface area contributed by atoms with Crippen molar-refractivity contribution in [3.05, 3.63) is 35.8 Å². The first-order valence-electron chi connectivity index (χ1n) is 4.95. The average molecular weight is 203 g/mol. The Bertz CT molecular complexity index is 502. The lowest BCUT2D eigenvalue weighted by atomic mass is 10.4. The van der Waals surface area contributed by atoms with Crippen molar-refractivity contribution in [3.8, 4) is 0 Å². The van der Waals surface area contributed by atoms with Gasteiger partial charge in [-0.05, 0) is 26.0 Å². The van der Waals surface area contributed by atoms with Gasteiger partial charge in [0, 0.05) is 18.4 Å². The molecule has 0 atom stereocenters. The highest BCUT2D eigenvalue weighted by molar-refractivity contribution is 5.92. The van der Waals surface area contributed by atoms with Crippen molar-refractivity contribution in [3.63, 3.8) is 0 Å². The number of carbonyl (C=O) groups excluding carboxylic acids is 1. The summed E-state index contributed by atoms with van der Waals surface area (Å²) < 4.78 is 1.91. The van der Waals surface area contributed by atoms with E-state index in [2.05, 4.69) is 10.3 Å². The molecular formula is C11H13N3O. The van der Waals surface area contributed by atoms with Crippen LogP contribution in [0.2, 0.25) is 0 Å². The van der Waals surface area contributed by atoms with Crippen LogP contribution in [0.5, 0.6) is 0 Å². The van der Waals surface area contributed by atoms with E-state index in [1.165, 1.54) is 0 Å². The van der Waals surface area contributed by atoms with E-state index in [1.54, 1.807) is 6.20 Å². The summed E-state index contributed by atoms with van der Waals surface area (Å²) in [5, 5.41) is 2.73. The zero-order valence-electron chi connectivity index (χ0n) is 8.82. The van der Waals surface area contributed by atoms with Crippen LogP contribution >= 0.6 is 0 Å². The number of aryl methyl sites for hydroxylation is 1. The molecule has 0 fully saturated rings. The third kappa shape index (κ3) is 1.70. The standard InChI is InChI=1S/C11H13N3O/c1-3-12-11(15)9-7-14-8(2)5-4-6-10(14)13-9/h4-7H,3H2,1-2H3,(H,12,15). The van der Waals surface area contributed by atoms with Crippen LogP contribution in [-0.2, 0) is 0 Å². The molecule has 2 rings (SSSR count). The van der Waals surface area contributed by atoms with E-state index in [0.717, 1.165) is 11.3 Å². The molecule has 0 unspecified atom stereocenters. The third-order valence-corrected chi connectivity index (χ3v) is 2.27. The van der Waals surface area contributed by atoms with Gasteiger partial charge in [0.2, 0.25) is 0 Å². The number of hydrogen-bond acceptors (Lipinski definition) is 2. The average Bonchev–Trinajstić information content (AvgIpc) is 2.63. The highest BCUT2D eigenvalue weighted by Crippen LogP contribution is 2.08. The fourth-order valence-electron chi connectivity index (χ4n) is 1.51. The molecule has 0 aliphatic carbocycles. The number of pyridine rings is 1. The van der Waals surface area contributed by atoms with Gasteiger partial charge in [-0.1, -0.05) is 6.07 Å². The number of rotatable bonds is 2. The minimum absolute atomic E-state index is 0.124. The van der Waals surface area contributed by atoms with Crippen LogP contribution in [-0.4, -0.2) is 21.8 Å². The van der Waals surface area contributed by atoms with Gasteiger partial charge in [-0.3, -0.25) is 4.79 Å². The van der Waals surface area contributed by atoms with E-state index in [-0.39, 0.29) is 5.91 Å². The second-order valence-corrected chi connectivity index (χ2v) is 3.38. The normalized spacial score (nSPS) is 10.5. The van der Waals surface area contributed by atoms with Gasteiger partial charge in [-0.2, -0.15) is 0 Å². The number of nitrogens with zero attached hydrogens (tertiary/aromatic N) is 2. The molecule has 0 bridgehead atoms. The summed E-state index contributed by atoms with van der Waals surface area (Å²) in [6.45, 7) is 4.49. The van der Waals surface area contributed by atoms with Crippen molar-refractivity contribution in [1.29, 1.82) is 0 Å². The molecule has 4 nitrogen and oxygen atoms in total. The zero-order chi connectivity index (χ0) is 10.8. The van der Waals surface area contributed by atoms with E-state index in [9.17, 15) is 4.79 Å². The zero-order valence-corrected chi connectivity index (χ0v) is 8.82. The second-order valence-electron chi connectivity index (χ2n) is 3.38. The number of imidazole rings is 1. The Balaban J connectivity index is 2.47. The topological polar surface area (TPSA) is 46.4 Å².